The molecule has 0 saturated carbocycles. The summed E-state index contributed by atoms with van der Waals surface area (Å²) in [6.45, 7) is 3.85. The van der Waals surface area contributed by atoms with Crippen LogP contribution in [0.2, 0.25) is 0 Å². The molecule has 1 saturated heterocycles. The predicted octanol–water partition coefficient (Wildman–Crippen LogP) is 1.90. The number of rotatable bonds is 2. The molecule has 4 heterocycles. The van der Waals surface area contributed by atoms with E-state index in [0.29, 0.717) is 5.69 Å². The van der Waals surface area contributed by atoms with Crippen LogP contribution in [0.4, 0.5) is 11.6 Å². The first kappa shape index (κ1) is 16.2. The van der Waals surface area contributed by atoms with Crippen LogP contribution < -0.4 is 9.80 Å². The van der Waals surface area contributed by atoms with Gasteiger partial charge in [0.05, 0.1) is 5.69 Å². The largest absolute Gasteiger partial charge is 0.356 e. The van der Waals surface area contributed by atoms with Crippen molar-refractivity contribution in [3.8, 4) is 6.07 Å². The van der Waals surface area contributed by atoms with Crippen molar-refractivity contribution in [3.63, 3.8) is 0 Å². The van der Waals surface area contributed by atoms with Crippen LogP contribution in [-0.4, -0.2) is 52.6 Å². The number of nitriles is 1. The van der Waals surface area contributed by atoms with Crippen molar-refractivity contribution < 1.29 is 0 Å². The van der Waals surface area contributed by atoms with Crippen LogP contribution in [0.1, 0.15) is 17.0 Å². The Hall–Kier alpha value is -2.33. The van der Waals surface area contributed by atoms with Gasteiger partial charge in [0, 0.05) is 49.7 Å². The van der Waals surface area contributed by atoms with Gasteiger partial charge in [0.1, 0.15) is 29.7 Å². The molecule has 4 rings (SSSR count). The van der Waals surface area contributed by atoms with Crippen molar-refractivity contribution in [1.82, 2.24) is 15.0 Å². The van der Waals surface area contributed by atoms with Gasteiger partial charge >= 0.3 is 0 Å². The predicted molar refractivity (Wildman–Crippen MR) is 100 cm³/mol. The fourth-order valence-corrected chi connectivity index (χ4v) is 4.35. The first-order valence-corrected chi connectivity index (χ1v) is 9.78. The summed E-state index contributed by atoms with van der Waals surface area (Å²) in [6, 6.07) is 7.74. The zero-order chi connectivity index (χ0) is 17.1. The Bertz CT molecular complexity index is 796. The monoisotopic (exact) mass is 352 g/mol. The Morgan fingerprint density at radius 2 is 1.84 bits per heavy atom. The third-order valence-corrected chi connectivity index (χ3v) is 5.69. The van der Waals surface area contributed by atoms with Crippen LogP contribution in [0, 0.1) is 11.3 Å². The van der Waals surface area contributed by atoms with Gasteiger partial charge in [-0.25, -0.2) is 15.0 Å². The third kappa shape index (κ3) is 3.40. The standard InChI is InChI=1S/C18H20N6S/c19-12-14-2-1-3-17(22-14)23-6-4-15-16(5-7-23)20-13-21-18(15)24-8-10-25-11-9-24/h1-3,13H,4-11H2. The lowest BCUT2D eigenvalue weighted by Crippen LogP contribution is -2.34. The van der Waals surface area contributed by atoms with Crippen molar-refractivity contribution in [2.75, 3.05) is 47.5 Å². The molecule has 6 nitrogen and oxygen atoms in total. The van der Waals surface area contributed by atoms with E-state index < -0.39 is 0 Å². The van der Waals surface area contributed by atoms with Crippen molar-refractivity contribution in [2.24, 2.45) is 0 Å². The Morgan fingerprint density at radius 1 is 1.00 bits per heavy atom. The topological polar surface area (TPSA) is 68.9 Å². The van der Waals surface area contributed by atoms with Crippen LogP contribution in [-0.2, 0) is 12.8 Å². The molecule has 2 aromatic rings. The number of fused-ring (bicyclic) bond motifs is 1. The maximum atomic E-state index is 9.08. The molecule has 0 N–H and O–H groups in total. The smallest absolute Gasteiger partial charge is 0.142 e. The number of nitrogens with zero attached hydrogens (tertiary/aromatic N) is 6. The minimum Gasteiger partial charge on any atom is -0.356 e. The van der Waals surface area contributed by atoms with E-state index in [4.69, 9.17) is 5.26 Å². The average Bonchev–Trinajstić information content (AvgIpc) is 2.91. The number of hydrogen-bond donors (Lipinski definition) is 0. The van der Waals surface area contributed by atoms with Crippen LogP contribution in [0.15, 0.2) is 24.5 Å². The first-order chi connectivity index (χ1) is 12.3. The molecule has 0 radical (unpaired) electrons. The Kier molecular flexibility index (Phi) is 4.70. The normalized spacial score (nSPS) is 17.6. The number of aromatic nitrogens is 3. The van der Waals surface area contributed by atoms with E-state index >= 15 is 0 Å². The van der Waals surface area contributed by atoms with E-state index in [0.717, 1.165) is 67.9 Å². The summed E-state index contributed by atoms with van der Waals surface area (Å²) in [5.74, 6) is 4.31. The molecule has 0 unspecified atom stereocenters. The molecule has 0 amide bonds. The Morgan fingerprint density at radius 3 is 2.68 bits per heavy atom. The fourth-order valence-electron chi connectivity index (χ4n) is 3.45. The number of anilines is 2. The average molecular weight is 352 g/mol. The molecule has 0 aromatic carbocycles. The summed E-state index contributed by atoms with van der Waals surface area (Å²) in [4.78, 5) is 18.3. The second kappa shape index (κ2) is 7.28. The lowest BCUT2D eigenvalue weighted by atomic mass is 10.1. The summed E-state index contributed by atoms with van der Waals surface area (Å²) >= 11 is 2.01. The molecule has 0 bridgehead atoms. The molecule has 2 aromatic heterocycles. The highest BCUT2D eigenvalue weighted by Gasteiger charge is 2.23. The zero-order valence-electron chi connectivity index (χ0n) is 14.1. The molecule has 128 valence electrons. The van der Waals surface area contributed by atoms with Crippen molar-refractivity contribution in [2.45, 2.75) is 12.8 Å². The minimum atomic E-state index is 0.463. The molecule has 25 heavy (non-hydrogen) atoms. The van der Waals surface area contributed by atoms with E-state index in [2.05, 4.69) is 30.8 Å². The minimum absolute atomic E-state index is 0.463. The quantitative estimate of drug-likeness (QED) is 0.817. The van der Waals surface area contributed by atoms with Gasteiger partial charge in [-0.2, -0.15) is 17.0 Å². The lowest BCUT2D eigenvalue weighted by molar-refractivity contribution is 0.784. The second-order valence-electron chi connectivity index (χ2n) is 6.20. The Labute approximate surface area is 151 Å². The van der Waals surface area contributed by atoms with Gasteiger partial charge in [-0.1, -0.05) is 6.07 Å². The summed E-state index contributed by atoms with van der Waals surface area (Å²) in [5, 5.41) is 9.08. The number of pyridine rings is 1. The van der Waals surface area contributed by atoms with E-state index in [1.54, 1.807) is 12.4 Å². The van der Waals surface area contributed by atoms with Gasteiger partial charge in [-0.3, -0.25) is 0 Å². The van der Waals surface area contributed by atoms with Crippen LogP contribution in [0.3, 0.4) is 0 Å². The number of thioether (sulfide) groups is 1. The lowest BCUT2D eigenvalue weighted by Gasteiger charge is -2.29. The van der Waals surface area contributed by atoms with Crippen molar-refractivity contribution in [1.29, 1.82) is 5.26 Å². The fraction of sp³-hybridized carbons (Fsp3) is 0.444. The second-order valence-corrected chi connectivity index (χ2v) is 7.43. The highest BCUT2D eigenvalue weighted by Crippen LogP contribution is 2.27. The van der Waals surface area contributed by atoms with E-state index in [1.807, 2.05) is 23.9 Å². The van der Waals surface area contributed by atoms with Gasteiger partial charge in [0.25, 0.3) is 0 Å². The highest BCUT2D eigenvalue weighted by atomic mass is 32.2. The molecule has 0 atom stereocenters. The maximum absolute atomic E-state index is 9.08. The zero-order valence-corrected chi connectivity index (χ0v) is 14.9. The van der Waals surface area contributed by atoms with E-state index in [1.165, 1.54) is 5.56 Å². The van der Waals surface area contributed by atoms with Crippen molar-refractivity contribution >= 4 is 23.4 Å². The van der Waals surface area contributed by atoms with Gasteiger partial charge in [0.15, 0.2) is 0 Å². The Balaban J connectivity index is 1.58. The van der Waals surface area contributed by atoms with Gasteiger partial charge in [-0.05, 0) is 18.6 Å². The highest BCUT2D eigenvalue weighted by molar-refractivity contribution is 7.99. The summed E-state index contributed by atoms with van der Waals surface area (Å²) in [6.07, 6.45) is 3.50. The van der Waals surface area contributed by atoms with E-state index in [-0.39, 0.29) is 0 Å². The van der Waals surface area contributed by atoms with E-state index in [9.17, 15) is 0 Å². The van der Waals surface area contributed by atoms with Crippen molar-refractivity contribution in [3.05, 3.63) is 41.5 Å². The molecular formula is C18H20N6S. The van der Waals surface area contributed by atoms with Crippen LogP contribution >= 0.6 is 11.8 Å². The van der Waals surface area contributed by atoms with Crippen LogP contribution in [0.5, 0.6) is 0 Å². The molecule has 2 aliphatic heterocycles. The molecule has 7 heteroatoms. The molecule has 0 aliphatic carbocycles. The van der Waals surface area contributed by atoms with Gasteiger partial charge in [-0.15, -0.1) is 0 Å². The molecular weight excluding hydrogens is 332 g/mol. The third-order valence-electron chi connectivity index (χ3n) is 4.75. The maximum Gasteiger partial charge on any atom is 0.142 e. The molecule has 1 fully saturated rings. The van der Waals surface area contributed by atoms with Gasteiger partial charge in [0.2, 0.25) is 0 Å². The first-order valence-electron chi connectivity index (χ1n) is 8.63. The van der Waals surface area contributed by atoms with Crippen LogP contribution in [0.25, 0.3) is 0 Å². The summed E-state index contributed by atoms with van der Waals surface area (Å²) in [5.41, 5.74) is 2.90. The SMILES string of the molecule is N#Cc1cccc(N2CCc3ncnc(N4CCSCC4)c3CC2)n1. The summed E-state index contributed by atoms with van der Waals surface area (Å²) in [7, 11) is 0. The molecule has 2 aliphatic rings. The summed E-state index contributed by atoms with van der Waals surface area (Å²) < 4.78 is 0. The number of hydrogen-bond acceptors (Lipinski definition) is 7. The van der Waals surface area contributed by atoms with Gasteiger partial charge < -0.3 is 9.80 Å². The molecule has 0 spiro atoms.